The van der Waals surface area contributed by atoms with Crippen molar-refractivity contribution in [2.24, 2.45) is 5.73 Å². The summed E-state index contributed by atoms with van der Waals surface area (Å²) in [4.78, 5) is 0. The topological polar surface area (TPSA) is 96.0 Å². The molecule has 0 aliphatic heterocycles. The zero-order chi connectivity index (χ0) is 6.78. The molecule has 0 unspecified atom stereocenters. The first kappa shape index (κ1) is 7.60. The van der Waals surface area contributed by atoms with Gasteiger partial charge in [0.25, 0.3) is 0 Å². The van der Waals surface area contributed by atoms with E-state index in [1.807, 2.05) is 0 Å². The average molecular weight is 154 g/mol. The van der Waals surface area contributed by atoms with E-state index in [0.717, 1.165) is 0 Å². The van der Waals surface area contributed by atoms with Crippen molar-refractivity contribution in [3.05, 3.63) is 0 Å². The Kier molecular flexibility index (Phi) is 2.13. The summed E-state index contributed by atoms with van der Waals surface area (Å²) >= 11 is 4.11. The fourth-order valence-electron chi connectivity index (χ4n) is 0.132. The van der Waals surface area contributed by atoms with Crippen molar-refractivity contribution in [3.8, 4) is 0 Å². The molecule has 0 rings (SSSR count). The quantitative estimate of drug-likeness (QED) is 0.442. The monoisotopic (exact) mass is 154 g/mol. The van der Waals surface area contributed by atoms with Crippen LogP contribution in [0.15, 0.2) is 0 Å². The SMILES string of the molecule is [NH]S(=O)(=O)NC(N)=S. The van der Waals surface area contributed by atoms with E-state index >= 15 is 0 Å². The second kappa shape index (κ2) is 2.25. The second-order valence-electron chi connectivity index (χ2n) is 0.970. The summed E-state index contributed by atoms with van der Waals surface area (Å²) in [6.45, 7) is 0. The maximum absolute atomic E-state index is 9.83. The lowest BCUT2D eigenvalue weighted by Gasteiger charge is -1.94. The summed E-state index contributed by atoms with van der Waals surface area (Å²) < 4.78 is 21.2. The highest BCUT2D eigenvalue weighted by atomic mass is 32.2. The summed E-state index contributed by atoms with van der Waals surface area (Å²) in [5.41, 5.74) is 4.70. The zero-order valence-electron chi connectivity index (χ0n) is 3.71. The minimum Gasteiger partial charge on any atom is -0.375 e. The molecular formula is CH4N3O2S2. The maximum atomic E-state index is 9.83. The number of thiocarbonyl (C=S) groups is 1. The van der Waals surface area contributed by atoms with Gasteiger partial charge in [-0.05, 0) is 12.2 Å². The van der Waals surface area contributed by atoms with Crippen LogP contribution in [0.3, 0.4) is 0 Å². The Morgan fingerprint density at radius 1 is 1.75 bits per heavy atom. The van der Waals surface area contributed by atoms with Crippen LogP contribution in [0.25, 0.3) is 0 Å². The van der Waals surface area contributed by atoms with Crippen LogP contribution in [-0.2, 0) is 10.2 Å². The summed E-state index contributed by atoms with van der Waals surface area (Å²) in [6, 6.07) is 0. The van der Waals surface area contributed by atoms with Crippen LogP contribution >= 0.6 is 12.2 Å². The summed E-state index contributed by atoms with van der Waals surface area (Å²) in [6.07, 6.45) is 0. The van der Waals surface area contributed by atoms with Crippen molar-refractivity contribution >= 4 is 27.5 Å². The van der Waals surface area contributed by atoms with Gasteiger partial charge in [0.15, 0.2) is 5.11 Å². The van der Waals surface area contributed by atoms with Gasteiger partial charge in [-0.2, -0.15) is 8.42 Å². The summed E-state index contributed by atoms with van der Waals surface area (Å²) in [5.74, 6) is 0. The molecule has 0 bridgehead atoms. The minimum atomic E-state index is -3.99. The first-order valence-electron chi connectivity index (χ1n) is 1.48. The van der Waals surface area contributed by atoms with Crippen LogP contribution in [0, 0.1) is 0 Å². The molecule has 7 heteroatoms. The third kappa shape index (κ3) is 5.60. The summed E-state index contributed by atoms with van der Waals surface area (Å²) in [5, 5.41) is 5.74. The Labute approximate surface area is 52.2 Å². The largest absolute Gasteiger partial charge is 0.375 e. The van der Waals surface area contributed by atoms with E-state index < -0.39 is 15.3 Å². The van der Waals surface area contributed by atoms with E-state index in [2.05, 4.69) is 12.2 Å². The van der Waals surface area contributed by atoms with Gasteiger partial charge < -0.3 is 5.73 Å². The van der Waals surface area contributed by atoms with Crippen LogP contribution in [0.2, 0.25) is 0 Å². The molecule has 0 fully saturated rings. The van der Waals surface area contributed by atoms with Crippen LogP contribution in [-0.4, -0.2) is 13.5 Å². The van der Waals surface area contributed by atoms with E-state index in [9.17, 15) is 8.42 Å². The zero-order valence-corrected chi connectivity index (χ0v) is 5.34. The Morgan fingerprint density at radius 3 is 2.12 bits per heavy atom. The number of nitrogens with two attached hydrogens (primary N) is 1. The Hall–Kier alpha value is -0.400. The van der Waals surface area contributed by atoms with E-state index in [-0.39, 0.29) is 0 Å². The molecule has 5 nitrogen and oxygen atoms in total. The van der Waals surface area contributed by atoms with Gasteiger partial charge in [0.2, 0.25) is 0 Å². The first-order chi connectivity index (χ1) is 3.42. The third-order valence-corrected chi connectivity index (χ3v) is 0.955. The molecule has 0 saturated heterocycles. The molecule has 4 N–H and O–H groups in total. The van der Waals surface area contributed by atoms with Crippen molar-refractivity contribution in [2.75, 3.05) is 0 Å². The molecule has 0 amide bonds. The Bertz CT molecular complexity index is 181. The van der Waals surface area contributed by atoms with Crippen LogP contribution in [0.4, 0.5) is 0 Å². The molecule has 0 heterocycles. The van der Waals surface area contributed by atoms with Gasteiger partial charge >= 0.3 is 10.2 Å². The van der Waals surface area contributed by atoms with Gasteiger partial charge in [0.1, 0.15) is 0 Å². The van der Waals surface area contributed by atoms with Gasteiger partial charge in [-0.25, -0.2) is 4.72 Å². The van der Waals surface area contributed by atoms with Crippen molar-refractivity contribution in [1.82, 2.24) is 9.86 Å². The summed E-state index contributed by atoms with van der Waals surface area (Å²) in [7, 11) is -3.99. The molecule has 1 radical (unpaired) electrons. The number of hydrogen-bond donors (Lipinski definition) is 2. The van der Waals surface area contributed by atoms with Gasteiger partial charge in [-0.3, -0.25) is 0 Å². The smallest absolute Gasteiger partial charge is 0.314 e. The third-order valence-electron chi connectivity index (χ3n) is 0.235. The highest BCUT2D eigenvalue weighted by Gasteiger charge is 1.99. The fraction of sp³-hybridized carbons (Fsp3) is 0. The van der Waals surface area contributed by atoms with Crippen LogP contribution < -0.4 is 15.6 Å². The van der Waals surface area contributed by atoms with Crippen molar-refractivity contribution < 1.29 is 8.42 Å². The second-order valence-corrected chi connectivity index (χ2v) is 2.62. The molecule has 0 aromatic carbocycles. The van der Waals surface area contributed by atoms with Gasteiger partial charge in [-0.15, -0.1) is 5.14 Å². The predicted octanol–water partition coefficient (Wildman–Crippen LogP) is -1.65. The Morgan fingerprint density at radius 2 is 2.12 bits per heavy atom. The van der Waals surface area contributed by atoms with E-state index in [1.54, 1.807) is 0 Å². The number of nitrogens with one attached hydrogen (secondary N) is 2. The van der Waals surface area contributed by atoms with Crippen molar-refractivity contribution in [2.45, 2.75) is 0 Å². The molecule has 0 spiro atoms. The normalized spacial score (nSPS) is 10.6. The molecule has 0 aliphatic carbocycles. The standard InChI is InChI=1S/CH4N3O2S2/c2-1(7)4-8(3,5)6/h3H,(H3,2,4,7). The van der Waals surface area contributed by atoms with Crippen molar-refractivity contribution in [1.29, 1.82) is 0 Å². The minimum absolute atomic E-state index is 0.417. The lowest BCUT2D eigenvalue weighted by molar-refractivity contribution is 0.593. The lowest BCUT2D eigenvalue weighted by atomic mass is 11.3. The average Bonchev–Trinajstić information content (AvgIpc) is 1.21. The van der Waals surface area contributed by atoms with E-state index in [1.165, 1.54) is 4.72 Å². The molecular weight excluding hydrogens is 150 g/mol. The molecule has 0 saturated carbocycles. The van der Waals surface area contributed by atoms with Crippen LogP contribution in [0.5, 0.6) is 0 Å². The lowest BCUT2D eigenvalue weighted by Crippen LogP contribution is -2.34. The number of hydrogen-bond acceptors (Lipinski definition) is 3. The van der Waals surface area contributed by atoms with Gasteiger partial charge in [-0.1, -0.05) is 0 Å². The number of rotatable bonds is 1. The highest BCUT2D eigenvalue weighted by Crippen LogP contribution is 1.66. The molecule has 8 heavy (non-hydrogen) atoms. The molecule has 0 aliphatic rings. The molecule has 0 aromatic heterocycles. The van der Waals surface area contributed by atoms with Gasteiger partial charge in [0.05, 0.1) is 0 Å². The first-order valence-corrected chi connectivity index (χ1v) is 3.38. The molecule has 0 aromatic rings. The van der Waals surface area contributed by atoms with Gasteiger partial charge in [0, 0.05) is 0 Å². The van der Waals surface area contributed by atoms with Crippen molar-refractivity contribution in [3.63, 3.8) is 0 Å². The molecule has 47 valence electrons. The predicted molar refractivity (Wildman–Crippen MR) is 31.9 cm³/mol. The van der Waals surface area contributed by atoms with Crippen LogP contribution in [0.1, 0.15) is 0 Å². The Balaban J connectivity index is 3.95. The maximum Gasteiger partial charge on any atom is 0.314 e. The van der Waals surface area contributed by atoms with E-state index in [4.69, 9.17) is 10.9 Å². The van der Waals surface area contributed by atoms with E-state index in [0.29, 0.717) is 0 Å². The molecule has 0 atom stereocenters. The fourth-order valence-corrected chi connectivity index (χ4v) is 0.726. The highest BCUT2D eigenvalue weighted by molar-refractivity contribution is 7.89.